The van der Waals surface area contributed by atoms with Gasteiger partial charge in [-0.1, -0.05) is 30.3 Å². The van der Waals surface area contributed by atoms with Crippen LogP contribution in [0.5, 0.6) is 0 Å². The van der Waals surface area contributed by atoms with E-state index in [0.29, 0.717) is 11.1 Å². The molecule has 4 aromatic rings. The van der Waals surface area contributed by atoms with Gasteiger partial charge in [0, 0.05) is 53.5 Å². The molecule has 2 aromatic heterocycles. The largest absolute Gasteiger partial charge is 0.422 e. The summed E-state index contributed by atoms with van der Waals surface area (Å²) in [6.07, 6.45) is 7.75. The first-order valence-electron chi connectivity index (χ1n) is 10.6. The van der Waals surface area contributed by atoms with Gasteiger partial charge in [-0.2, -0.15) is 0 Å². The number of piperidine rings is 1. The van der Waals surface area contributed by atoms with E-state index in [2.05, 4.69) is 33.7 Å². The fourth-order valence-corrected chi connectivity index (χ4v) is 4.19. The third-order valence-electron chi connectivity index (χ3n) is 5.85. The molecule has 4 nitrogen and oxygen atoms in total. The van der Waals surface area contributed by atoms with Crippen LogP contribution in [0.4, 0.5) is 5.69 Å². The van der Waals surface area contributed by atoms with Crippen molar-refractivity contribution in [3.63, 3.8) is 0 Å². The Morgan fingerprint density at radius 1 is 0.867 bits per heavy atom. The van der Waals surface area contributed by atoms with E-state index < -0.39 is 0 Å². The molecule has 5 rings (SSSR count). The van der Waals surface area contributed by atoms with E-state index in [1.807, 2.05) is 54.9 Å². The Morgan fingerprint density at radius 3 is 2.40 bits per heavy atom. The summed E-state index contributed by atoms with van der Waals surface area (Å²) >= 11 is 0. The molecule has 0 N–H and O–H groups in total. The molecule has 1 aliphatic heterocycles. The maximum Gasteiger partial charge on any atom is 0.344 e. The second kappa shape index (κ2) is 8.15. The normalized spacial score (nSPS) is 14.2. The highest BCUT2D eigenvalue weighted by Crippen LogP contribution is 2.26. The van der Waals surface area contributed by atoms with Crippen LogP contribution in [0.15, 0.2) is 88.3 Å². The molecule has 0 radical (unpaired) electrons. The van der Waals surface area contributed by atoms with Crippen molar-refractivity contribution in [2.45, 2.75) is 25.8 Å². The standard InChI is InChI=1S/C26H25N2O2/c29-26-24(21-11-15-27(16-12-21)19-20-7-3-1-4-8-20)17-22-9-10-23(18-25(22)30-26)28-13-5-2-6-14-28/h1,3-4,7-12,15-18H,2,5-6,13-14,19H2/q+1. The number of aromatic nitrogens is 1. The number of pyridine rings is 1. The van der Waals surface area contributed by atoms with Crippen LogP contribution in [0.25, 0.3) is 22.1 Å². The number of nitrogens with zero attached hydrogens (tertiary/aromatic N) is 2. The van der Waals surface area contributed by atoms with E-state index in [9.17, 15) is 4.79 Å². The van der Waals surface area contributed by atoms with Crippen molar-refractivity contribution in [2.75, 3.05) is 18.0 Å². The number of fused-ring (bicyclic) bond motifs is 1. The van der Waals surface area contributed by atoms with Crippen LogP contribution in [0, 0.1) is 0 Å². The second-order valence-electron chi connectivity index (χ2n) is 7.96. The SMILES string of the molecule is O=c1oc2cc(N3CCCCC3)ccc2cc1-c1cc[n+](Cc2ccccc2)cc1. The highest BCUT2D eigenvalue weighted by atomic mass is 16.4. The van der Waals surface area contributed by atoms with Gasteiger partial charge in [0.2, 0.25) is 0 Å². The van der Waals surface area contributed by atoms with Crippen molar-refractivity contribution in [2.24, 2.45) is 0 Å². The van der Waals surface area contributed by atoms with Gasteiger partial charge >= 0.3 is 5.63 Å². The number of benzene rings is 2. The first-order valence-corrected chi connectivity index (χ1v) is 10.6. The highest BCUT2D eigenvalue weighted by molar-refractivity contribution is 5.84. The number of rotatable bonds is 4. The van der Waals surface area contributed by atoms with Crippen molar-refractivity contribution >= 4 is 16.7 Å². The summed E-state index contributed by atoms with van der Waals surface area (Å²) in [5.74, 6) is 0. The van der Waals surface area contributed by atoms with Gasteiger partial charge in [-0.25, -0.2) is 9.36 Å². The average Bonchev–Trinajstić information content (AvgIpc) is 2.80. The Morgan fingerprint density at radius 2 is 1.63 bits per heavy atom. The summed E-state index contributed by atoms with van der Waals surface area (Å²) in [5.41, 5.74) is 4.21. The average molecular weight is 397 g/mol. The van der Waals surface area contributed by atoms with Gasteiger partial charge in [0.15, 0.2) is 18.9 Å². The van der Waals surface area contributed by atoms with Crippen LogP contribution in [0.3, 0.4) is 0 Å². The van der Waals surface area contributed by atoms with E-state index in [0.717, 1.165) is 36.3 Å². The molecule has 0 spiro atoms. The van der Waals surface area contributed by atoms with E-state index in [4.69, 9.17) is 4.42 Å². The molecule has 0 amide bonds. The van der Waals surface area contributed by atoms with Gasteiger partial charge in [0.1, 0.15) is 5.58 Å². The monoisotopic (exact) mass is 397 g/mol. The Labute approximate surface area is 176 Å². The predicted molar refractivity (Wildman–Crippen MR) is 120 cm³/mol. The summed E-state index contributed by atoms with van der Waals surface area (Å²) in [5, 5.41) is 0.950. The Balaban J connectivity index is 1.42. The third kappa shape index (κ3) is 3.86. The van der Waals surface area contributed by atoms with Gasteiger partial charge < -0.3 is 9.32 Å². The second-order valence-corrected chi connectivity index (χ2v) is 7.96. The van der Waals surface area contributed by atoms with Crippen molar-refractivity contribution in [1.29, 1.82) is 0 Å². The Kier molecular flexibility index (Phi) is 5.06. The lowest BCUT2D eigenvalue weighted by Crippen LogP contribution is -2.33. The molecular weight excluding hydrogens is 372 g/mol. The van der Waals surface area contributed by atoms with Crippen LogP contribution in [0.2, 0.25) is 0 Å². The van der Waals surface area contributed by atoms with Gasteiger partial charge in [-0.15, -0.1) is 0 Å². The molecule has 1 aliphatic rings. The maximum absolute atomic E-state index is 12.7. The zero-order chi connectivity index (χ0) is 20.3. The molecule has 150 valence electrons. The summed E-state index contributed by atoms with van der Waals surface area (Å²) in [4.78, 5) is 15.1. The van der Waals surface area contributed by atoms with Crippen LogP contribution >= 0.6 is 0 Å². The first-order chi connectivity index (χ1) is 14.8. The van der Waals surface area contributed by atoms with Crippen molar-refractivity contribution in [3.05, 3.63) is 95.1 Å². The van der Waals surface area contributed by atoms with Crippen LogP contribution in [-0.2, 0) is 6.54 Å². The van der Waals surface area contributed by atoms with E-state index in [1.165, 1.54) is 24.8 Å². The summed E-state index contributed by atoms with van der Waals surface area (Å²) in [6.45, 7) is 2.94. The molecule has 30 heavy (non-hydrogen) atoms. The lowest BCUT2D eigenvalue weighted by Gasteiger charge is -2.28. The van der Waals surface area contributed by atoms with Gasteiger partial charge in [-0.05, 0) is 37.5 Å². The number of hydrogen-bond acceptors (Lipinski definition) is 3. The summed E-state index contributed by atoms with van der Waals surface area (Å²) in [6, 6.07) is 22.4. The van der Waals surface area contributed by atoms with Crippen molar-refractivity contribution in [3.8, 4) is 11.1 Å². The van der Waals surface area contributed by atoms with Crippen LogP contribution in [0.1, 0.15) is 24.8 Å². The van der Waals surface area contributed by atoms with Crippen molar-refractivity contribution < 1.29 is 8.98 Å². The smallest absolute Gasteiger partial charge is 0.344 e. The lowest BCUT2D eigenvalue weighted by atomic mass is 10.1. The molecule has 1 saturated heterocycles. The molecule has 2 aromatic carbocycles. The molecule has 0 atom stereocenters. The molecule has 4 heteroatoms. The lowest BCUT2D eigenvalue weighted by molar-refractivity contribution is -0.688. The number of hydrogen-bond donors (Lipinski definition) is 0. The fourth-order valence-electron chi connectivity index (χ4n) is 4.19. The third-order valence-corrected chi connectivity index (χ3v) is 5.85. The molecule has 3 heterocycles. The van der Waals surface area contributed by atoms with Crippen LogP contribution in [-0.4, -0.2) is 13.1 Å². The Hall–Kier alpha value is -3.40. The zero-order valence-corrected chi connectivity index (χ0v) is 17.0. The predicted octanol–water partition coefficient (Wildman–Crippen LogP) is 4.79. The van der Waals surface area contributed by atoms with E-state index in [1.54, 1.807) is 0 Å². The molecule has 1 fully saturated rings. The minimum atomic E-state index is -0.292. The zero-order valence-electron chi connectivity index (χ0n) is 17.0. The van der Waals surface area contributed by atoms with Gasteiger partial charge in [-0.3, -0.25) is 0 Å². The van der Waals surface area contributed by atoms with Crippen LogP contribution < -0.4 is 15.1 Å². The number of anilines is 1. The first kappa shape index (κ1) is 18.6. The molecule has 0 unspecified atom stereocenters. The fraction of sp³-hybridized carbons (Fsp3) is 0.231. The minimum Gasteiger partial charge on any atom is -0.422 e. The van der Waals surface area contributed by atoms with E-state index >= 15 is 0 Å². The van der Waals surface area contributed by atoms with E-state index in [-0.39, 0.29) is 5.63 Å². The van der Waals surface area contributed by atoms with Gasteiger partial charge in [0.25, 0.3) is 0 Å². The summed E-state index contributed by atoms with van der Waals surface area (Å²) < 4.78 is 7.82. The molecule has 0 bridgehead atoms. The van der Waals surface area contributed by atoms with Crippen molar-refractivity contribution in [1.82, 2.24) is 0 Å². The quantitative estimate of drug-likeness (QED) is 0.367. The minimum absolute atomic E-state index is 0.292. The van der Waals surface area contributed by atoms with Gasteiger partial charge in [0.05, 0.1) is 5.56 Å². The topological polar surface area (TPSA) is 37.3 Å². The molecule has 0 saturated carbocycles. The molecular formula is C26H25N2O2+. The maximum atomic E-state index is 12.7. The summed E-state index contributed by atoms with van der Waals surface area (Å²) in [7, 11) is 0. The molecule has 0 aliphatic carbocycles. The highest BCUT2D eigenvalue weighted by Gasteiger charge is 2.14. The Bertz CT molecular complexity index is 1210.